The molecule has 1 N–H and O–H groups in total. The van der Waals surface area contributed by atoms with Gasteiger partial charge in [0, 0.05) is 52.9 Å². The maximum Gasteiger partial charge on any atom is 0.210 e. The molecule has 0 spiro atoms. The Bertz CT molecular complexity index is 567. The number of hydrogen-bond acceptors (Lipinski definition) is 7. The van der Waals surface area contributed by atoms with Crippen LogP contribution in [-0.4, -0.2) is 127 Å². The van der Waals surface area contributed by atoms with E-state index < -0.39 is 10.0 Å². The Morgan fingerprint density at radius 3 is 1.70 bits per heavy atom. The van der Waals surface area contributed by atoms with E-state index in [2.05, 4.69) is 33.6 Å². The molecule has 0 aromatic heterocycles. The molecule has 160 valence electrons. The quantitative estimate of drug-likeness (QED) is 0.365. The van der Waals surface area contributed by atoms with Crippen LogP contribution in [0.1, 0.15) is 6.92 Å². The molecule has 0 aliphatic rings. The molecule has 0 rings (SSSR count). The molecule has 0 fully saturated rings. The third kappa shape index (κ3) is 11.6. The zero-order valence-electron chi connectivity index (χ0n) is 18.2. The molecule has 0 radical (unpaired) electrons. The van der Waals surface area contributed by atoms with Crippen LogP contribution < -0.4 is 5.32 Å². The highest BCUT2D eigenvalue weighted by Crippen LogP contribution is 2.00. The zero-order chi connectivity index (χ0) is 21.2. The Morgan fingerprint density at radius 2 is 1.33 bits per heavy atom. The first-order chi connectivity index (χ1) is 12.4. The number of rotatable bonds is 15. The summed E-state index contributed by atoms with van der Waals surface area (Å²) in [5.41, 5.74) is 0.574. The summed E-state index contributed by atoms with van der Waals surface area (Å²) in [6, 6.07) is -0.226. The van der Waals surface area contributed by atoms with Gasteiger partial charge in [0.2, 0.25) is 10.0 Å². The molecular weight excluding hydrogens is 366 g/mol. The summed E-state index contributed by atoms with van der Waals surface area (Å²) < 4.78 is 24.2. The van der Waals surface area contributed by atoms with Gasteiger partial charge in [-0.2, -0.15) is 0 Å². The van der Waals surface area contributed by atoms with E-state index >= 15 is 0 Å². The number of ketones is 1. The molecule has 0 saturated heterocycles. The fraction of sp³-hybridized carbons (Fsp3) is 0.833. The summed E-state index contributed by atoms with van der Waals surface area (Å²) in [7, 11) is 6.35. The van der Waals surface area contributed by atoms with E-state index in [1.165, 1.54) is 10.6 Å². The Morgan fingerprint density at radius 1 is 0.926 bits per heavy atom. The lowest BCUT2D eigenvalue weighted by molar-refractivity contribution is -0.117. The molecule has 8 nitrogen and oxygen atoms in total. The third-order valence-corrected chi connectivity index (χ3v) is 5.98. The van der Waals surface area contributed by atoms with Gasteiger partial charge in [-0.25, -0.2) is 12.7 Å². The van der Waals surface area contributed by atoms with Crippen LogP contribution >= 0.6 is 0 Å². The number of nitrogens with one attached hydrogen (secondary N) is 1. The maximum absolute atomic E-state index is 12.1. The fourth-order valence-electron chi connectivity index (χ4n) is 2.39. The summed E-state index contributed by atoms with van der Waals surface area (Å²) in [5.74, 6) is 0.0541. The van der Waals surface area contributed by atoms with Crippen molar-refractivity contribution in [3.8, 4) is 0 Å². The number of nitrogens with zero attached hydrogens (tertiary/aromatic N) is 4. The molecule has 27 heavy (non-hydrogen) atoms. The minimum atomic E-state index is -3.12. The molecule has 1 atom stereocenters. The van der Waals surface area contributed by atoms with E-state index in [0.29, 0.717) is 25.2 Å². The maximum atomic E-state index is 12.1. The van der Waals surface area contributed by atoms with Crippen molar-refractivity contribution in [3.05, 3.63) is 12.2 Å². The van der Waals surface area contributed by atoms with Gasteiger partial charge in [0.15, 0.2) is 5.78 Å². The van der Waals surface area contributed by atoms with E-state index in [0.717, 1.165) is 26.2 Å². The second kappa shape index (κ2) is 12.6. The molecule has 1 unspecified atom stereocenters. The van der Waals surface area contributed by atoms with Gasteiger partial charge in [-0.1, -0.05) is 6.58 Å². The molecule has 0 aromatic carbocycles. The lowest BCUT2D eigenvalue weighted by Crippen LogP contribution is -2.45. The highest BCUT2D eigenvalue weighted by Gasteiger charge is 2.18. The van der Waals surface area contributed by atoms with Gasteiger partial charge in [-0.15, -0.1) is 0 Å². The molecule has 0 aromatic rings. The minimum Gasteiger partial charge on any atom is -0.309 e. The van der Waals surface area contributed by atoms with Gasteiger partial charge in [-0.3, -0.25) is 4.79 Å². The Hall–Kier alpha value is -0.840. The third-order valence-electron chi connectivity index (χ3n) is 4.67. The predicted molar refractivity (Wildman–Crippen MR) is 113 cm³/mol. The van der Waals surface area contributed by atoms with Crippen LogP contribution in [0.2, 0.25) is 0 Å². The van der Waals surface area contributed by atoms with Crippen LogP contribution in [0.3, 0.4) is 0 Å². The molecule has 0 heterocycles. The summed E-state index contributed by atoms with van der Waals surface area (Å²) >= 11 is 0. The number of likely N-dealkylation sites (N-methyl/N-ethyl adjacent to an activating group) is 5. The number of carbonyl (C=O) groups excluding carboxylic acids is 1. The Labute approximate surface area is 166 Å². The zero-order valence-corrected chi connectivity index (χ0v) is 19.0. The Balaban J connectivity index is 4.13. The first kappa shape index (κ1) is 26.2. The van der Waals surface area contributed by atoms with Crippen molar-refractivity contribution in [1.29, 1.82) is 0 Å². The predicted octanol–water partition coefficient (Wildman–Crippen LogP) is -0.594. The standard InChI is InChI=1S/C18H39N5O3S/c1-16(2)18(24)17(19-3)15-22(6)12-11-20(4)9-10-21(5)13-14-23(7)27(8,25)26/h17,19H,1,9-15H2,2-8H3. The molecule has 0 aliphatic heterocycles. The number of sulfonamides is 1. The Kier molecular flexibility index (Phi) is 12.2. The number of Topliss-reactive ketones (excluding diaryl/α,β-unsaturated/α-hetero) is 1. The monoisotopic (exact) mass is 405 g/mol. The van der Waals surface area contributed by atoms with E-state index in [9.17, 15) is 13.2 Å². The topological polar surface area (TPSA) is 76.2 Å². The summed E-state index contributed by atoms with van der Waals surface area (Å²) in [6.07, 6.45) is 1.22. The number of carbonyl (C=O) groups is 1. The van der Waals surface area contributed by atoms with Crippen LogP contribution in [0.15, 0.2) is 12.2 Å². The van der Waals surface area contributed by atoms with Crippen LogP contribution in [0, 0.1) is 0 Å². The van der Waals surface area contributed by atoms with Gasteiger partial charge < -0.3 is 20.0 Å². The smallest absolute Gasteiger partial charge is 0.210 e. The van der Waals surface area contributed by atoms with E-state index in [4.69, 9.17) is 0 Å². The lowest BCUT2D eigenvalue weighted by Gasteiger charge is -2.27. The first-order valence-corrected chi connectivity index (χ1v) is 11.1. The van der Waals surface area contributed by atoms with Crippen molar-refractivity contribution in [2.45, 2.75) is 13.0 Å². The van der Waals surface area contributed by atoms with Crippen molar-refractivity contribution in [2.24, 2.45) is 0 Å². The lowest BCUT2D eigenvalue weighted by atomic mass is 10.1. The minimum absolute atomic E-state index is 0.0541. The van der Waals surface area contributed by atoms with Crippen molar-refractivity contribution < 1.29 is 13.2 Å². The van der Waals surface area contributed by atoms with Gasteiger partial charge in [0.25, 0.3) is 0 Å². The van der Waals surface area contributed by atoms with Gasteiger partial charge in [0.05, 0.1) is 12.3 Å². The first-order valence-electron chi connectivity index (χ1n) is 9.22. The van der Waals surface area contributed by atoms with Gasteiger partial charge in [0.1, 0.15) is 0 Å². The molecule has 0 amide bonds. The second-order valence-electron chi connectivity index (χ2n) is 7.44. The molecule has 0 saturated carbocycles. The highest BCUT2D eigenvalue weighted by atomic mass is 32.2. The van der Waals surface area contributed by atoms with Crippen LogP contribution in [-0.2, 0) is 14.8 Å². The normalized spacial score (nSPS) is 13.7. The van der Waals surface area contributed by atoms with Crippen LogP contribution in [0.5, 0.6) is 0 Å². The number of hydrogen-bond donors (Lipinski definition) is 1. The van der Waals surface area contributed by atoms with Crippen molar-refractivity contribution in [1.82, 2.24) is 24.3 Å². The molecule has 9 heteroatoms. The van der Waals surface area contributed by atoms with E-state index in [1.54, 1.807) is 21.0 Å². The molecular formula is C18H39N5O3S. The largest absolute Gasteiger partial charge is 0.309 e. The molecule has 0 aliphatic carbocycles. The fourth-order valence-corrected chi connectivity index (χ4v) is 2.80. The van der Waals surface area contributed by atoms with Crippen molar-refractivity contribution in [2.75, 3.05) is 87.3 Å². The van der Waals surface area contributed by atoms with Crippen molar-refractivity contribution >= 4 is 15.8 Å². The van der Waals surface area contributed by atoms with Gasteiger partial charge in [-0.05, 0) is 40.7 Å². The SMILES string of the molecule is C=C(C)C(=O)C(CN(C)CCN(C)CCN(C)CCN(C)S(C)(=O)=O)NC. The average molecular weight is 406 g/mol. The van der Waals surface area contributed by atoms with Crippen LogP contribution in [0.25, 0.3) is 0 Å². The van der Waals surface area contributed by atoms with E-state index in [1.807, 2.05) is 14.1 Å². The summed E-state index contributed by atoms with van der Waals surface area (Å²) in [6.45, 7) is 10.8. The summed E-state index contributed by atoms with van der Waals surface area (Å²) in [4.78, 5) is 18.6. The average Bonchev–Trinajstić information content (AvgIpc) is 2.58. The highest BCUT2D eigenvalue weighted by molar-refractivity contribution is 7.88. The summed E-state index contributed by atoms with van der Waals surface area (Å²) in [5, 5.41) is 3.06. The van der Waals surface area contributed by atoms with E-state index in [-0.39, 0.29) is 11.8 Å². The van der Waals surface area contributed by atoms with Crippen LogP contribution in [0.4, 0.5) is 0 Å². The van der Waals surface area contributed by atoms with Crippen molar-refractivity contribution in [3.63, 3.8) is 0 Å². The molecule has 0 bridgehead atoms. The van der Waals surface area contributed by atoms with Gasteiger partial charge >= 0.3 is 0 Å². The second-order valence-corrected chi connectivity index (χ2v) is 9.53.